The van der Waals surface area contributed by atoms with Crippen LogP contribution in [-0.4, -0.2) is 65.2 Å². The van der Waals surface area contributed by atoms with Gasteiger partial charge in [0.1, 0.15) is 12.2 Å². The Bertz CT molecular complexity index is 792. The van der Waals surface area contributed by atoms with Crippen molar-refractivity contribution in [2.24, 2.45) is 0 Å². The van der Waals surface area contributed by atoms with E-state index in [1.54, 1.807) is 0 Å². The van der Waals surface area contributed by atoms with E-state index in [0.717, 1.165) is 17.2 Å². The van der Waals surface area contributed by atoms with Crippen LogP contribution in [0.25, 0.3) is 11.2 Å². The van der Waals surface area contributed by atoms with E-state index in [4.69, 9.17) is 9.84 Å². The molecule has 0 radical (unpaired) electrons. The monoisotopic (exact) mass is 334 g/mol. The van der Waals surface area contributed by atoms with E-state index >= 15 is 0 Å². The Labute approximate surface area is 149 Å². The number of hydrogen-bond donors (Lipinski definition) is 4. The number of carbonyl (C=O) groups excluding carboxylic acids is 1. The molecule has 0 amide bonds. The van der Waals surface area contributed by atoms with Crippen LogP contribution in [-0.2, 0) is 9.53 Å². The molecule has 1 aliphatic rings. The van der Waals surface area contributed by atoms with Gasteiger partial charge in [0, 0.05) is 0 Å². The van der Waals surface area contributed by atoms with Crippen LogP contribution >= 0.6 is 0 Å². The Morgan fingerprint density at radius 1 is 1.52 bits per heavy atom. The predicted octanol–water partition coefficient (Wildman–Crippen LogP) is -7.14. The van der Waals surface area contributed by atoms with E-state index in [1.807, 2.05) is 0 Å². The summed E-state index contributed by atoms with van der Waals surface area (Å²) in [4.78, 5) is 32.7. The summed E-state index contributed by atoms with van der Waals surface area (Å²) in [6.07, 6.45) is -2.79. The molecule has 4 N–H and O–H groups in total. The number of carboxylic acids is 1. The minimum absolute atomic E-state index is 0. The fraction of sp³-hybridized carbons (Fsp3) is 0.455. The Balaban J connectivity index is 0.00000192. The number of nitrogens with zero attached hydrogens (tertiary/aromatic N) is 3. The van der Waals surface area contributed by atoms with Gasteiger partial charge in [-0.1, -0.05) is 0 Å². The molecule has 1 fully saturated rings. The van der Waals surface area contributed by atoms with Gasteiger partial charge in [-0.05, 0) is 0 Å². The van der Waals surface area contributed by atoms with Gasteiger partial charge in [-0.15, -0.1) is 0 Å². The molecule has 0 aliphatic carbocycles. The maximum atomic E-state index is 11.6. The van der Waals surface area contributed by atoms with Crippen molar-refractivity contribution in [3.8, 4) is 0 Å². The molecule has 2 aromatic heterocycles. The smallest absolute Gasteiger partial charge is 0.547 e. The Morgan fingerprint density at radius 2 is 2.22 bits per heavy atom. The van der Waals surface area contributed by atoms with Gasteiger partial charge in [-0.3, -0.25) is 9.36 Å². The van der Waals surface area contributed by atoms with E-state index < -0.39 is 42.2 Å². The van der Waals surface area contributed by atoms with Gasteiger partial charge >= 0.3 is 29.6 Å². The Morgan fingerprint density at radius 3 is 2.78 bits per heavy atom. The van der Waals surface area contributed by atoms with Gasteiger partial charge in [0.25, 0.3) is 5.56 Å². The van der Waals surface area contributed by atoms with Crippen LogP contribution in [0.3, 0.4) is 0 Å². The molecular formula is C11H11N4NaO7. The molecule has 23 heavy (non-hydrogen) atoms. The molecular weight excluding hydrogens is 323 g/mol. The van der Waals surface area contributed by atoms with E-state index in [-0.39, 0.29) is 40.7 Å². The van der Waals surface area contributed by atoms with Gasteiger partial charge in [0.15, 0.2) is 23.0 Å². The summed E-state index contributed by atoms with van der Waals surface area (Å²) in [6.45, 7) is -0.862. The fourth-order valence-electron chi connectivity index (χ4n) is 2.46. The molecule has 0 saturated carbocycles. The molecule has 2 aromatic rings. The molecule has 0 unspecified atom stereocenters. The fourth-order valence-corrected chi connectivity index (χ4v) is 2.46. The van der Waals surface area contributed by atoms with Crippen LogP contribution in [0.2, 0.25) is 0 Å². The third kappa shape index (κ3) is 2.50. The first-order chi connectivity index (χ1) is 10.4. The summed E-state index contributed by atoms with van der Waals surface area (Å²) < 4.78 is 6.29. The number of carboxylic acid groups (broad SMARTS) is 1. The normalized spacial score (nSPS) is 30.3. The van der Waals surface area contributed by atoms with Crippen LogP contribution in [0.1, 0.15) is 6.23 Å². The van der Waals surface area contributed by atoms with Crippen molar-refractivity contribution in [2.45, 2.75) is 24.0 Å². The number of aromatic nitrogens is 4. The van der Waals surface area contributed by atoms with Gasteiger partial charge in [-0.2, -0.15) is 0 Å². The van der Waals surface area contributed by atoms with Crippen molar-refractivity contribution in [2.75, 3.05) is 6.61 Å². The molecule has 11 nitrogen and oxygen atoms in total. The minimum Gasteiger partial charge on any atom is -0.547 e. The molecule has 12 heteroatoms. The molecule has 3 rings (SSSR count). The first kappa shape index (κ1) is 18.0. The molecule has 0 bridgehead atoms. The zero-order chi connectivity index (χ0) is 16.1. The average molecular weight is 334 g/mol. The number of nitrogens with one attached hydrogen (secondary N) is 1. The van der Waals surface area contributed by atoms with Gasteiger partial charge in [0.05, 0.1) is 25.2 Å². The zero-order valence-electron chi connectivity index (χ0n) is 11.9. The van der Waals surface area contributed by atoms with Crippen molar-refractivity contribution < 1.29 is 59.5 Å². The average Bonchev–Trinajstić information content (AvgIpc) is 3.02. The summed E-state index contributed by atoms with van der Waals surface area (Å²) >= 11 is 0. The van der Waals surface area contributed by atoms with E-state index in [2.05, 4.69) is 15.0 Å². The van der Waals surface area contributed by atoms with Crippen LogP contribution in [0, 0.1) is 0 Å². The maximum Gasteiger partial charge on any atom is 1.00 e. The van der Waals surface area contributed by atoms with Gasteiger partial charge < -0.3 is 34.9 Å². The minimum atomic E-state index is -2.81. The predicted molar refractivity (Wildman–Crippen MR) is 65.1 cm³/mol. The Hall–Kier alpha value is -1.34. The standard InChI is InChI=1S/C11H12N4O7.Na/c16-1-4-11(21,10(19)20)6(17)9(22-4)15-3-14-5-7(15)12-2-13-8(5)18;/h2-4,6,9,16-17,21H,1H2,(H,19,20)(H,12,13,18);/q;+1/p-1/t4-,6+,9-,11-;/m1./s1. The summed E-state index contributed by atoms with van der Waals surface area (Å²) in [5.74, 6) is -1.99. The SMILES string of the molecule is O=C([O-])[C@@]1(O)[C@@H](CO)O[C@@H](n2cnc3c(=O)[nH]cnc32)[C@@H]1O.[Na+]. The number of aliphatic hydroxyl groups is 3. The van der Waals surface area contributed by atoms with Gasteiger partial charge in [0.2, 0.25) is 0 Å². The number of aliphatic hydroxyl groups excluding tert-OH is 2. The number of fused-ring (bicyclic) bond motifs is 1. The van der Waals surface area contributed by atoms with Crippen molar-refractivity contribution >= 4 is 17.1 Å². The van der Waals surface area contributed by atoms with E-state index in [9.17, 15) is 24.9 Å². The van der Waals surface area contributed by atoms with E-state index in [0.29, 0.717) is 0 Å². The van der Waals surface area contributed by atoms with Crippen LogP contribution < -0.4 is 40.2 Å². The largest absolute Gasteiger partial charge is 1.00 e. The topological polar surface area (TPSA) is 174 Å². The quantitative estimate of drug-likeness (QED) is 0.398. The van der Waals surface area contributed by atoms with Crippen LogP contribution in [0.4, 0.5) is 0 Å². The first-order valence-electron chi connectivity index (χ1n) is 6.19. The van der Waals surface area contributed by atoms with Crippen molar-refractivity contribution in [1.82, 2.24) is 19.5 Å². The second-order valence-electron chi connectivity index (χ2n) is 4.81. The molecule has 118 valence electrons. The molecule has 0 aromatic carbocycles. The zero-order valence-corrected chi connectivity index (χ0v) is 13.9. The molecule has 1 aliphatic heterocycles. The second-order valence-corrected chi connectivity index (χ2v) is 4.81. The summed E-state index contributed by atoms with van der Waals surface area (Å²) in [7, 11) is 0. The first-order valence-corrected chi connectivity index (χ1v) is 6.19. The van der Waals surface area contributed by atoms with Crippen molar-refractivity contribution in [3.05, 3.63) is 23.0 Å². The third-order valence-electron chi connectivity index (χ3n) is 3.65. The third-order valence-corrected chi connectivity index (χ3v) is 3.65. The molecule has 0 spiro atoms. The molecule has 4 atom stereocenters. The van der Waals surface area contributed by atoms with E-state index in [1.165, 1.54) is 0 Å². The van der Waals surface area contributed by atoms with Crippen molar-refractivity contribution in [3.63, 3.8) is 0 Å². The number of hydrogen-bond acceptors (Lipinski definition) is 9. The number of carbonyl (C=O) groups is 1. The summed E-state index contributed by atoms with van der Waals surface area (Å²) in [6, 6.07) is 0. The number of imidazole rings is 1. The Kier molecular flexibility index (Phi) is 4.92. The number of ether oxygens (including phenoxy) is 1. The summed E-state index contributed by atoms with van der Waals surface area (Å²) in [5, 5.41) is 40.5. The number of aromatic amines is 1. The van der Waals surface area contributed by atoms with Gasteiger partial charge in [-0.25, -0.2) is 9.97 Å². The number of rotatable bonds is 3. The number of aliphatic carboxylic acids is 1. The number of H-pyrrole nitrogens is 1. The molecule has 3 heterocycles. The maximum absolute atomic E-state index is 11.6. The van der Waals surface area contributed by atoms with Crippen LogP contribution in [0.5, 0.6) is 0 Å². The molecule has 1 saturated heterocycles. The second kappa shape index (κ2) is 6.28. The summed E-state index contributed by atoms with van der Waals surface area (Å²) in [5.41, 5.74) is -3.38. The van der Waals surface area contributed by atoms with Crippen molar-refractivity contribution in [1.29, 1.82) is 0 Å². The van der Waals surface area contributed by atoms with Crippen LogP contribution in [0.15, 0.2) is 17.4 Å².